The number of Topliss-reactive ketones (excluding diaryl/α,β-unsaturated/α-hetero) is 1. The van der Waals surface area contributed by atoms with Crippen LogP contribution in [-0.2, 0) is 16.0 Å². The van der Waals surface area contributed by atoms with Gasteiger partial charge < -0.3 is 35.8 Å². The van der Waals surface area contributed by atoms with Gasteiger partial charge >= 0.3 is 6.09 Å². The molecular weight excluding hydrogens is 733 g/mol. The molecule has 9 nitrogen and oxygen atoms in total. The SMILES string of the molecule is C=C1/C=C/C=C(\[C@H]2CC[C@@]3([C@H](CCCO)/C(=C(\C)C(=O)Cc4cccc5c4OC(=O)N[C@@H]5N)CC[C@@]3(C)O)[C@@H]2O)CO[C@@H]2C#CC/C(=C\CC1)CCSSC2. The average molecular weight is 789 g/mol. The van der Waals surface area contributed by atoms with Crippen molar-refractivity contribution >= 4 is 33.5 Å². The number of carbonyl (C=O) groups is 2. The third kappa shape index (κ3) is 9.23. The number of carbonyl (C=O) groups excluding carboxylic acids is 2. The second-order valence-electron chi connectivity index (χ2n) is 15.7. The molecule has 0 unspecified atom stereocenters. The van der Waals surface area contributed by atoms with Crippen molar-refractivity contribution in [2.75, 3.05) is 24.7 Å². The Bertz CT molecular complexity index is 1820. The molecule has 6 N–H and O–H groups in total. The number of fused-ring (bicyclic) bond motifs is 4. The third-order valence-corrected chi connectivity index (χ3v) is 14.8. The van der Waals surface area contributed by atoms with Gasteiger partial charge in [0.25, 0.3) is 0 Å². The molecule has 1 aromatic carbocycles. The van der Waals surface area contributed by atoms with Gasteiger partial charge in [-0.3, -0.25) is 4.79 Å². The molecule has 2 saturated carbocycles. The Hall–Kier alpha value is -3.08. The van der Waals surface area contributed by atoms with Crippen LogP contribution in [0.3, 0.4) is 0 Å². The van der Waals surface area contributed by atoms with Crippen molar-refractivity contribution < 1.29 is 34.4 Å². The zero-order valence-electron chi connectivity index (χ0n) is 32.1. The highest BCUT2D eigenvalue weighted by Crippen LogP contribution is 2.63. The molecule has 6 rings (SSSR count). The van der Waals surface area contributed by atoms with E-state index >= 15 is 0 Å². The lowest BCUT2D eigenvalue weighted by Crippen LogP contribution is -2.59. The lowest BCUT2D eigenvalue weighted by atomic mass is 9.52. The Labute approximate surface area is 333 Å². The maximum absolute atomic E-state index is 14.2. The highest BCUT2D eigenvalue weighted by molar-refractivity contribution is 8.76. The molecule has 1 amide bonds. The molecule has 2 fully saturated rings. The second-order valence-corrected chi connectivity index (χ2v) is 18.4. The maximum atomic E-state index is 14.2. The minimum absolute atomic E-state index is 0.000123. The molecule has 2 aliphatic carbocycles. The van der Waals surface area contributed by atoms with E-state index in [9.17, 15) is 24.9 Å². The summed E-state index contributed by atoms with van der Waals surface area (Å²) >= 11 is 0. The van der Waals surface area contributed by atoms with E-state index in [0.717, 1.165) is 53.9 Å². The summed E-state index contributed by atoms with van der Waals surface area (Å²) in [6, 6.07) is 5.33. The van der Waals surface area contributed by atoms with Gasteiger partial charge in [0.15, 0.2) is 5.78 Å². The number of para-hydroxylation sites is 1. The van der Waals surface area contributed by atoms with Crippen molar-refractivity contribution in [2.24, 2.45) is 23.0 Å². The number of nitrogens with one attached hydrogen (secondary N) is 1. The lowest BCUT2D eigenvalue weighted by molar-refractivity contribution is -0.168. The second kappa shape index (κ2) is 18.5. The normalized spacial score (nSPS) is 35.1. The fourth-order valence-electron chi connectivity index (χ4n) is 9.33. The number of hydrogen-bond donors (Lipinski definition) is 5. The molecule has 55 heavy (non-hydrogen) atoms. The highest BCUT2D eigenvalue weighted by Gasteiger charge is 2.64. The molecule has 3 heterocycles. The first-order chi connectivity index (χ1) is 26.4. The zero-order chi connectivity index (χ0) is 39.2. The van der Waals surface area contributed by atoms with E-state index in [0.29, 0.717) is 61.0 Å². The number of benzene rings is 1. The van der Waals surface area contributed by atoms with E-state index < -0.39 is 29.4 Å². The van der Waals surface area contributed by atoms with Crippen molar-refractivity contribution in [2.45, 2.75) is 108 Å². The van der Waals surface area contributed by atoms with E-state index in [4.69, 9.17) is 15.2 Å². The first-order valence-electron chi connectivity index (χ1n) is 19.6. The van der Waals surface area contributed by atoms with Crippen molar-refractivity contribution in [3.05, 3.63) is 88.1 Å². The van der Waals surface area contributed by atoms with Crippen molar-refractivity contribution in [1.82, 2.24) is 5.32 Å². The quantitative estimate of drug-likeness (QED) is 0.0832. The topological polar surface area (TPSA) is 151 Å². The standard InChI is InChI=1S/C44H56N2O7S2/c1-28-9-4-11-30-12-6-15-33(27-55-54-24-20-30)52-26-32(14-5-10-28)35-19-22-44(40(35)49)37(17-8-23-47)34(18-21-43(44,3)51)29(2)38(48)25-31-13-7-16-36-39(31)53-42(50)46-41(36)45/h5,7,10-11,13-14,16,33,35,37,40-41,47,49,51H,1,4,8-9,12,17-27,45H2,2-3H3,(H,46,50)/b10-5+,30-11+,32-14-,34-29+/t33-,35-,37-,40-,41+,43-,44-/m1/s1. The molecule has 3 aliphatic heterocycles. The number of nitrogens with two attached hydrogens (primary N) is 1. The van der Waals surface area contributed by atoms with Gasteiger partial charge in [0, 0.05) is 53.4 Å². The number of ether oxygens (including phenoxy) is 2. The van der Waals surface area contributed by atoms with Gasteiger partial charge in [-0.1, -0.05) is 99.2 Å². The van der Waals surface area contributed by atoms with E-state index in [1.54, 1.807) is 29.0 Å². The third-order valence-electron chi connectivity index (χ3n) is 12.4. The van der Waals surface area contributed by atoms with Gasteiger partial charge in [0.2, 0.25) is 0 Å². The first-order valence-corrected chi connectivity index (χ1v) is 22.1. The fourth-order valence-corrected chi connectivity index (χ4v) is 11.5. The Morgan fingerprint density at radius 3 is 2.85 bits per heavy atom. The summed E-state index contributed by atoms with van der Waals surface area (Å²) in [5, 5.41) is 37.7. The average Bonchev–Trinajstić information content (AvgIpc) is 3.49. The lowest BCUT2D eigenvalue weighted by Gasteiger charge is -2.55. The molecule has 296 valence electrons. The number of amides is 1. The number of ketones is 1. The number of aliphatic hydroxyl groups excluding tert-OH is 2. The Kier molecular flexibility index (Phi) is 13.9. The number of rotatable bonds is 7. The summed E-state index contributed by atoms with van der Waals surface area (Å²) in [4.78, 5) is 26.4. The van der Waals surface area contributed by atoms with Crippen LogP contribution in [0.15, 0.2) is 76.9 Å². The monoisotopic (exact) mass is 788 g/mol. The van der Waals surface area contributed by atoms with Crippen molar-refractivity contribution in [3.8, 4) is 17.6 Å². The molecule has 5 aliphatic rings. The summed E-state index contributed by atoms with van der Waals surface area (Å²) in [5.74, 6) is 8.04. The summed E-state index contributed by atoms with van der Waals surface area (Å²) in [5.41, 5.74) is 9.91. The molecule has 0 aromatic heterocycles. The molecule has 11 heteroatoms. The van der Waals surface area contributed by atoms with Crippen LogP contribution in [0.4, 0.5) is 4.79 Å². The van der Waals surface area contributed by atoms with Crippen LogP contribution in [-0.4, -0.2) is 69.7 Å². The van der Waals surface area contributed by atoms with Gasteiger partial charge in [0.05, 0.1) is 18.3 Å². The van der Waals surface area contributed by atoms with Gasteiger partial charge in [-0.25, -0.2) is 4.79 Å². The van der Waals surface area contributed by atoms with Crippen LogP contribution in [0.1, 0.15) is 95.3 Å². The minimum Gasteiger partial charge on any atom is -0.410 e. The molecule has 0 radical (unpaired) electrons. The van der Waals surface area contributed by atoms with Crippen molar-refractivity contribution in [3.63, 3.8) is 0 Å². The summed E-state index contributed by atoms with van der Waals surface area (Å²) in [7, 11) is 3.63. The van der Waals surface area contributed by atoms with Crippen LogP contribution in [0.5, 0.6) is 5.75 Å². The fraction of sp³-hybridized carbons (Fsp3) is 0.545. The first kappa shape index (κ1) is 41.6. The maximum Gasteiger partial charge on any atom is 0.414 e. The largest absolute Gasteiger partial charge is 0.414 e. The van der Waals surface area contributed by atoms with E-state index in [2.05, 4.69) is 29.8 Å². The van der Waals surface area contributed by atoms with Crippen LogP contribution in [0.25, 0.3) is 0 Å². The minimum atomic E-state index is -1.24. The highest BCUT2D eigenvalue weighted by atomic mass is 33.1. The van der Waals surface area contributed by atoms with Gasteiger partial charge in [-0.05, 0) is 88.7 Å². The molecule has 0 saturated heterocycles. The van der Waals surface area contributed by atoms with Crippen molar-refractivity contribution in [1.29, 1.82) is 0 Å². The summed E-state index contributed by atoms with van der Waals surface area (Å²) < 4.78 is 12.0. The molecule has 1 aromatic rings. The Morgan fingerprint density at radius 2 is 2.04 bits per heavy atom. The molecule has 2 bridgehead atoms. The molecule has 1 spiro atoms. The van der Waals surface area contributed by atoms with Crippen LogP contribution >= 0.6 is 21.6 Å². The number of aliphatic hydroxyl groups is 3. The number of hydrogen-bond acceptors (Lipinski definition) is 10. The van der Waals surface area contributed by atoms with Gasteiger partial charge in [-0.15, -0.1) is 0 Å². The number of allylic oxidation sites excluding steroid dienone is 8. The van der Waals surface area contributed by atoms with Gasteiger partial charge in [0.1, 0.15) is 18.0 Å². The predicted octanol–water partition coefficient (Wildman–Crippen LogP) is 7.19. The smallest absolute Gasteiger partial charge is 0.410 e. The summed E-state index contributed by atoms with van der Waals surface area (Å²) in [6.45, 7) is 8.19. The Balaban J connectivity index is 1.32. The van der Waals surface area contributed by atoms with E-state index in [1.165, 1.54) is 5.57 Å². The van der Waals surface area contributed by atoms with Crippen LogP contribution in [0, 0.1) is 29.1 Å². The van der Waals surface area contributed by atoms with Crippen LogP contribution < -0.4 is 15.8 Å². The Morgan fingerprint density at radius 1 is 1.20 bits per heavy atom. The zero-order valence-corrected chi connectivity index (χ0v) is 33.7. The van der Waals surface area contributed by atoms with Gasteiger partial charge in [-0.2, -0.15) is 0 Å². The van der Waals surface area contributed by atoms with E-state index in [1.807, 2.05) is 42.9 Å². The summed E-state index contributed by atoms with van der Waals surface area (Å²) in [6.07, 6.45) is 12.3. The predicted molar refractivity (Wildman–Crippen MR) is 220 cm³/mol. The molecule has 7 atom stereocenters. The molecular formula is C44H56N2O7S2. The van der Waals surface area contributed by atoms with E-state index in [-0.39, 0.29) is 43.4 Å². The van der Waals surface area contributed by atoms with Crippen LogP contribution in [0.2, 0.25) is 0 Å².